The third-order valence-corrected chi connectivity index (χ3v) is 7.01. The molecule has 28 heavy (non-hydrogen) atoms. The van der Waals surface area contributed by atoms with E-state index in [-0.39, 0.29) is 5.41 Å². The first-order valence-corrected chi connectivity index (χ1v) is 11.2. The van der Waals surface area contributed by atoms with Crippen molar-refractivity contribution >= 4 is 21.8 Å². The number of nitrogens with zero attached hydrogens (tertiary/aromatic N) is 2. The monoisotopic (exact) mass is 440 g/mol. The topological polar surface area (TPSA) is 23.6 Å². The van der Waals surface area contributed by atoms with Gasteiger partial charge in [0.15, 0.2) is 0 Å². The Morgan fingerprint density at radius 1 is 0.857 bits per heavy atom. The second kappa shape index (κ2) is 8.79. The molecule has 2 aromatic carbocycles. The van der Waals surface area contributed by atoms with Crippen molar-refractivity contribution in [2.45, 2.75) is 38.6 Å². The molecule has 0 aliphatic carbocycles. The quantitative estimate of drug-likeness (QED) is 0.637. The highest BCUT2D eigenvalue weighted by Gasteiger charge is 2.47. The van der Waals surface area contributed by atoms with Crippen LogP contribution < -0.4 is 0 Å². The summed E-state index contributed by atoms with van der Waals surface area (Å²) in [5, 5.41) is 0. The van der Waals surface area contributed by atoms with Crippen LogP contribution in [0.15, 0.2) is 59.1 Å². The highest BCUT2D eigenvalue weighted by molar-refractivity contribution is 9.10. The van der Waals surface area contributed by atoms with Crippen LogP contribution in [0.5, 0.6) is 0 Å². The van der Waals surface area contributed by atoms with Gasteiger partial charge in [0, 0.05) is 17.6 Å². The fourth-order valence-corrected chi connectivity index (χ4v) is 4.94. The minimum absolute atomic E-state index is 0.0920. The van der Waals surface area contributed by atoms with Gasteiger partial charge in [-0.3, -0.25) is 4.79 Å². The molecule has 0 radical (unpaired) electrons. The molecular weight excluding hydrogens is 412 g/mol. The normalized spacial score (nSPS) is 19.5. The Bertz CT molecular complexity index is 782. The van der Waals surface area contributed by atoms with Crippen LogP contribution in [0.2, 0.25) is 0 Å². The number of benzene rings is 2. The summed E-state index contributed by atoms with van der Waals surface area (Å²) in [6.07, 6.45) is 5.41. The van der Waals surface area contributed by atoms with Crippen molar-refractivity contribution in [3.8, 4) is 0 Å². The van der Waals surface area contributed by atoms with E-state index >= 15 is 0 Å². The van der Waals surface area contributed by atoms with Gasteiger partial charge in [0.05, 0.1) is 5.41 Å². The predicted octanol–water partition coefficient (Wildman–Crippen LogP) is 4.90. The summed E-state index contributed by atoms with van der Waals surface area (Å²) in [5.41, 5.74) is 2.54. The Balaban J connectivity index is 1.25. The summed E-state index contributed by atoms with van der Waals surface area (Å²) in [5.74, 6) is 0.388. The molecule has 0 atom stereocenters. The number of rotatable bonds is 6. The van der Waals surface area contributed by atoms with Gasteiger partial charge in [-0.2, -0.15) is 0 Å². The van der Waals surface area contributed by atoms with E-state index in [1.165, 1.54) is 17.5 Å². The maximum Gasteiger partial charge on any atom is 0.229 e. The number of aryl methyl sites for hydroxylation is 1. The summed E-state index contributed by atoms with van der Waals surface area (Å²) >= 11 is 3.48. The average Bonchev–Trinajstić information content (AvgIpc) is 3.02. The van der Waals surface area contributed by atoms with E-state index in [9.17, 15) is 4.79 Å². The third kappa shape index (κ3) is 4.49. The molecule has 4 rings (SSSR count). The number of carbonyl (C=O) groups excluding carboxylic acids is 1. The van der Waals surface area contributed by atoms with Gasteiger partial charge in [0.25, 0.3) is 0 Å². The zero-order valence-electron chi connectivity index (χ0n) is 16.4. The molecule has 0 N–H and O–H groups in total. The van der Waals surface area contributed by atoms with E-state index in [1.54, 1.807) is 0 Å². The molecule has 1 amide bonds. The summed E-state index contributed by atoms with van der Waals surface area (Å²) in [6.45, 7) is 4.92. The molecule has 0 aromatic heterocycles. The minimum atomic E-state index is -0.0920. The fraction of sp³-hybridized carbons (Fsp3) is 0.458. The third-order valence-electron chi connectivity index (χ3n) is 6.48. The maximum absolute atomic E-state index is 13.2. The SMILES string of the molecule is O=C1N(Cc2ccc(Br)cc2)CCC12CCN(CCCc1ccccc1)CC2. The van der Waals surface area contributed by atoms with Crippen molar-refractivity contribution in [3.63, 3.8) is 0 Å². The van der Waals surface area contributed by atoms with Crippen molar-refractivity contribution in [3.05, 3.63) is 70.2 Å². The molecule has 4 heteroatoms. The zero-order chi connectivity index (χ0) is 19.4. The van der Waals surface area contributed by atoms with Crippen LogP contribution in [0.1, 0.15) is 36.8 Å². The molecule has 2 aliphatic heterocycles. The molecule has 1 spiro atoms. The first kappa shape index (κ1) is 19.7. The van der Waals surface area contributed by atoms with Gasteiger partial charge < -0.3 is 9.80 Å². The van der Waals surface area contributed by atoms with E-state index in [0.29, 0.717) is 5.91 Å². The second-order valence-corrected chi connectivity index (χ2v) is 9.23. The van der Waals surface area contributed by atoms with Gasteiger partial charge in [0.2, 0.25) is 5.91 Å². The summed E-state index contributed by atoms with van der Waals surface area (Å²) in [6, 6.07) is 19.1. The van der Waals surface area contributed by atoms with E-state index in [0.717, 1.165) is 62.9 Å². The zero-order valence-corrected chi connectivity index (χ0v) is 18.0. The number of halogens is 1. The van der Waals surface area contributed by atoms with Gasteiger partial charge in [0.1, 0.15) is 0 Å². The lowest BCUT2D eigenvalue weighted by molar-refractivity contribution is -0.138. The van der Waals surface area contributed by atoms with E-state index in [1.807, 2.05) is 0 Å². The van der Waals surface area contributed by atoms with Crippen LogP contribution in [0.25, 0.3) is 0 Å². The summed E-state index contributed by atoms with van der Waals surface area (Å²) < 4.78 is 1.08. The number of hydrogen-bond donors (Lipinski definition) is 0. The Morgan fingerprint density at radius 3 is 2.25 bits per heavy atom. The molecule has 2 aliphatic rings. The van der Waals surface area contributed by atoms with Gasteiger partial charge in [-0.15, -0.1) is 0 Å². The van der Waals surface area contributed by atoms with Gasteiger partial charge in [-0.1, -0.05) is 58.4 Å². The molecule has 3 nitrogen and oxygen atoms in total. The number of carbonyl (C=O) groups is 1. The molecule has 0 bridgehead atoms. The van der Waals surface area contributed by atoms with Crippen LogP contribution in [-0.4, -0.2) is 41.9 Å². The standard InChI is InChI=1S/C24H29BrN2O/c25-22-10-8-21(9-11-22)19-27-18-14-24(23(27)28)12-16-26(17-13-24)15-4-7-20-5-2-1-3-6-20/h1-3,5-6,8-11H,4,7,12-19H2. The first-order chi connectivity index (χ1) is 13.6. The number of amides is 1. The highest BCUT2D eigenvalue weighted by Crippen LogP contribution is 2.42. The lowest BCUT2D eigenvalue weighted by atomic mass is 9.77. The Labute approximate surface area is 176 Å². The van der Waals surface area contributed by atoms with Crippen molar-refractivity contribution in [2.24, 2.45) is 5.41 Å². The fourth-order valence-electron chi connectivity index (χ4n) is 4.67. The summed E-state index contributed by atoms with van der Waals surface area (Å²) in [4.78, 5) is 17.8. The lowest BCUT2D eigenvalue weighted by Crippen LogP contribution is -2.44. The highest BCUT2D eigenvalue weighted by atomic mass is 79.9. The van der Waals surface area contributed by atoms with Gasteiger partial charge in [-0.25, -0.2) is 0 Å². The summed E-state index contributed by atoms with van der Waals surface area (Å²) in [7, 11) is 0. The van der Waals surface area contributed by atoms with Crippen LogP contribution in [0.4, 0.5) is 0 Å². The molecule has 2 aromatic rings. The van der Waals surface area contributed by atoms with Crippen molar-refractivity contribution < 1.29 is 4.79 Å². The average molecular weight is 441 g/mol. The maximum atomic E-state index is 13.2. The number of hydrogen-bond acceptors (Lipinski definition) is 2. The van der Waals surface area contributed by atoms with E-state index in [2.05, 4.69) is 80.3 Å². The number of likely N-dealkylation sites (tertiary alicyclic amines) is 2. The largest absolute Gasteiger partial charge is 0.338 e. The van der Waals surface area contributed by atoms with Crippen LogP contribution in [-0.2, 0) is 17.8 Å². The number of piperidine rings is 1. The van der Waals surface area contributed by atoms with Gasteiger partial charge in [-0.05, 0) is 75.0 Å². The predicted molar refractivity (Wildman–Crippen MR) is 117 cm³/mol. The Hall–Kier alpha value is -1.65. The Morgan fingerprint density at radius 2 is 1.54 bits per heavy atom. The van der Waals surface area contributed by atoms with Crippen molar-refractivity contribution in [1.82, 2.24) is 9.80 Å². The molecule has 2 saturated heterocycles. The molecule has 0 saturated carbocycles. The van der Waals surface area contributed by atoms with E-state index < -0.39 is 0 Å². The van der Waals surface area contributed by atoms with Crippen LogP contribution in [0, 0.1) is 5.41 Å². The second-order valence-electron chi connectivity index (χ2n) is 8.31. The van der Waals surface area contributed by atoms with E-state index in [4.69, 9.17) is 0 Å². The molecule has 148 valence electrons. The van der Waals surface area contributed by atoms with Crippen LogP contribution >= 0.6 is 15.9 Å². The molecular formula is C24H29BrN2O. The molecule has 0 unspecified atom stereocenters. The Kier molecular flexibility index (Phi) is 6.17. The minimum Gasteiger partial charge on any atom is -0.338 e. The molecule has 2 fully saturated rings. The molecule has 2 heterocycles. The van der Waals surface area contributed by atoms with Crippen LogP contribution in [0.3, 0.4) is 0 Å². The van der Waals surface area contributed by atoms with Crippen molar-refractivity contribution in [1.29, 1.82) is 0 Å². The lowest BCUT2D eigenvalue weighted by Gasteiger charge is -2.38. The van der Waals surface area contributed by atoms with Crippen molar-refractivity contribution in [2.75, 3.05) is 26.2 Å². The smallest absolute Gasteiger partial charge is 0.229 e. The van der Waals surface area contributed by atoms with Gasteiger partial charge >= 0.3 is 0 Å². The first-order valence-electron chi connectivity index (χ1n) is 10.4.